The zero-order chi connectivity index (χ0) is 29.4. The van der Waals surface area contributed by atoms with E-state index in [4.69, 9.17) is 4.74 Å². The number of nitrogens with one attached hydrogen (secondary N) is 2. The largest absolute Gasteiger partial charge is 0.510 e. The van der Waals surface area contributed by atoms with Crippen molar-refractivity contribution in [2.45, 2.75) is 77.6 Å². The number of rotatable bonds is 12. The van der Waals surface area contributed by atoms with Crippen molar-refractivity contribution in [3.05, 3.63) is 83.0 Å². The first-order chi connectivity index (χ1) is 18.9. The molecule has 0 unspecified atom stereocenters. The minimum absolute atomic E-state index is 0.0267. The van der Waals surface area contributed by atoms with E-state index >= 15 is 0 Å². The fraction of sp³-hybridized carbons (Fsp3) is 0.419. The molecule has 2 aliphatic carbocycles. The third kappa shape index (κ3) is 8.09. The van der Waals surface area contributed by atoms with Crippen LogP contribution in [0, 0.1) is 5.92 Å². The number of allylic oxidation sites excluding steroid dienone is 9. The van der Waals surface area contributed by atoms with Crippen molar-refractivity contribution < 1.29 is 34.1 Å². The molecule has 3 aliphatic rings. The third-order valence-electron chi connectivity index (χ3n) is 6.81. The first kappa shape index (κ1) is 30.7. The molecule has 0 aromatic rings. The number of epoxide rings is 1. The Kier molecular flexibility index (Phi) is 10.4. The van der Waals surface area contributed by atoms with Crippen molar-refractivity contribution in [1.82, 2.24) is 10.6 Å². The average Bonchev–Trinajstić information content (AvgIpc) is 3.66. The van der Waals surface area contributed by atoms with E-state index in [2.05, 4.69) is 30.6 Å². The molecule has 0 bridgehead atoms. The average molecular weight is 551 g/mol. The number of aliphatic hydroxyl groups excluding tert-OH is 1. The number of hydrogen-bond donors (Lipinski definition) is 4. The van der Waals surface area contributed by atoms with Crippen molar-refractivity contribution in [2.75, 3.05) is 0 Å². The molecule has 9 nitrogen and oxygen atoms in total. The van der Waals surface area contributed by atoms with E-state index in [0.29, 0.717) is 11.5 Å². The topological polar surface area (TPSA) is 145 Å². The Balaban J connectivity index is 1.60. The Labute approximate surface area is 234 Å². The number of carbonyl (C=O) groups is 4. The van der Waals surface area contributed by atoms with E-state index in [-0.39, 0.29) is 35.8 Å². The third-order valence-corrected chi connectivity index (χ3v) is 6.81. The summed E-state index contributed by atoms with van der Waals surface area (Å²) >= 11 is 0. The van der Waals surface area contributed by atoms with Gasteiger partial charge in [0.1, 0.15) is 23.2 Å². The summed E-state index contributed by atoms with van der Waals surface area (Å²) in [6.45, 7) is 7.90. The van der Waals surface area contributed by atoms with Gasteiger partial charge in [-0.3, -0.25) is 19.2 Å². The van der Waals surface area contributed by atoms with E-state index < -0.39 is 35.4 Å². The number of amides is 2. The predicted molar refractivity (Wildman–Crippen MR) is 151 cm³/mol. The van der Waals surface area contributed by atoms with Crippen LogP contribution in [0.25, 0.3) is 0 Å². The molecule has 0 spiro atoms. The number of unbranched alkanes of at least 4 members (excludes halogenated alkanes) is 1. The van der Waals surface area contributed by atoms with Crippen molar-refractivity contribution in [2.24, 2.45) is 5.92 Å². The van der Waals surface area contributed by atoms with E-state index in [0.717, 1.165) is 24.8 Å². The standard InChI is InChI=1S/C31H38N2O7/c1-5-6-11-19(2)16-20(3)17-21(4)30(38)32-22-18-31(39,29-28(40-29)27(22)37)15-10-8-7-9-12-25(36)33-26-23(34)13-14-24(26)35/h7-10,12,15-19,28-29,34,39H,5-6,11,13-14H2,1-4H3,(H,32,38)(H,33,36)/t19-,28-,29-,31+/m1/s1. The molecule has 0 radical (unpaired) electrons. The monoisotopic (exact) mass is 550 g/mol. The lowest BCUT2D eigenvalue weighted by Crippen LogP contribution is -2.42. The van der Waals surface area contributed by atoms with Gasteiger partial charge in [-0.1, -0.05) is 68.7 Å². The van der Waals surface area contributed by atoms with Crippen LogP contribution in [-0.2, 0) is 23.9 Å². The zero-order valence-corrected chi connectivity index (χ0v) is 23.4. The number of ether oxygens (including phenoxy) is 1. The van der Waals surface area contributed by atoms with E-state index in [1.54, 1.807) is 19.1 Å². The summed E-state index contributed by atoms with van der Waals surface area (Å²) in [5.41, 5.74) is -0.310. The molecule has 214 valence electrons. The lowest BCUT2D eigenvalue weighted by atomic mass is 9.88. The molecular weight excluding hydrogens is 512 g/mol. The molecule has 0 aromatic heterocycles. The molecule has 0 aromatic carbocycles. The summed E-state index contributed by atoms with van der Waals surface area (Å²) in [7, 11) is 0. The Hall–Kier alpha value is -3.82. The molecule has 40 heavy (non-hydrogen) atoms. The molecule has 0 saturated carbocycles. The minimum Gasteiger partial charge on any atom is -0.510 e. The molecule has 1 saturated heterocycles. The van der Waals surface area contributed by atoms with Gasteiger partial charge in [-0.25, -0.2) is 0 Å². The van der Waals surface area contributed by atoms with E-state index in [1.807, 2.05) is 6.92 Å². The Morgan fingerprint density at radius 2 is 1.88 bits per heavy atom. The maximum atomic E-state index is 12.8. The molecule has 4 atom stereocenters. The van der Waals surface area contributed by atoms with Gasteiger partial charge in [0.15, 0.2) is 11.9 Å². The summed E-state index contributed by atoms with van der Waals surface area (Å²) in [6, 6.07) is 0. The Bertz CT molecular complexity index is 1260. The molecule has 9 heteroatoms. The van der Waals surface area contributed by atoms with Gasteiger partial charge in [0.05, 0.1) is 5.70 Å². The number of carbonyl (C=O) groups excluding carboxylic acids is 4. The van der Waals surface area contributed by atoms with Gasteiger partial charge in [0, 0.05) is 24.5 Å². The molecule has 1 fully saturated rings. The van der Waals surface area contributed by atoms with Gasteiger partial charge in [-0.05, 0) is 38.3 Å². The van der Waals surface area contributed by atoms with Crippen LogP contribution in [0.15, 0.2) is 83.0 Å². The lowest BCUT2D eigenvalue weighted by molar-refractivity contribution is -0.121. The second-order valence-corrected chi connectivity index (χ2v) is 10.4. The fourth-order valence-electron chi connectivity index (χ4n) is 4.61. The fourth-order valence-corrected chi connectivity index (χ4v) is 4.61. The van der Waals surface area contributed by atoms with Gasteiger partial charge in [-0.15, -0.1) is 0 Å². The molecule has 3 rings (SSSR count). The first-order valence-electron chi connectivity index (χ1n) is 13.6. The number of Topliss-reactive ketones (excluding diaryl/α,β-unsaturated/α-hetero) is 2. The van der Waals surface area contributed by atoms with Gasteiger partial charge in [0.25, 0.3) is 5.91 Å². The van der Waals surface area contributed by atoms with E-state index in [9.17, 15) is 29.4 Å². The van der Waals surface area contributed by atoms with Crippen molar-refractivity contribution in [3.63, 3.8) is 0 Å². The minimum atomic E-state index is -1.61. The molecule has 1 aliphatic heterocycles. The molecule has 1 heterocycles. The number of fused-ring (bicyclic) bond motifs is 1. The number of aliphatic hydroxyl groups is 2. The summed E-state index contributed by atoms with van der Waals surface area (Å²) in [5, 5.41) is 25.7. The summed E-state index contributed by atoms with van der Waals surface area (Å²) in [6.07, 6.45) is 16.0. The van der Waals surface area contributed by atoms with Crippen molar-refractivity contribution in [1.29, 1.82) is 0 Å². The predicted octanol–water partition coefficient (Wildman–Crippen LogP) is 3.70. The highest BCUT2D eigenvalue weighted by molar-refractivity contribution is 6.07. The second-order valence-electron chi connectivity index (χ2n) is 10.4. The van der Waals surface area contributed by atoms with Crippen LogP contribution in [0.3, 0.4) is 0 Å². The number of hydrogen-bond acceptors (Lipinski definition) is 7. The normalized spacial score (nSPS) is 26.1. The summed E-state index contributed by atoms with van der Waals surface area (Å²) in [4.78, 5) is 49.0. The lowest BCUT2D eigenvalue weighted by Gasteiger charge is -2.23. The molecular formula is C31H38N2O7. The van der Waals surface area contributed by atoms with Gasteiger partial charge < -0.3 is 25.6 Å². The van der Waals surface area contributed by atoms with Crippen LogP contribution in [0.5, 0.6) is 0 Å². The van der Waals surface area contributed by atoms with E-state index in [1.165, 1.54) is 36.5 Å². The quantitative estimate of drug-likeness (QED) is 0.165. The van der Waals surface area contributed by atoms with Crippen LogP contribution in [0.1, 0.15) is 59.8 Å². The van der Waals surface area contributed by atoms with Crippen LogP contribution in [0.4, 0.5) is 0 Å². The SMILES string of the molecule is CCCC[C@@H](C)C=C(C)C=C(C)C(=O)NC1=C[C@@](O)(C=CC=CC=CC(=O)NC2=C(O)CCC2=O)[C@@H]2O[C@@H]2C1=O. The van der Waals surface area contributed by atoms with Crippen LogP contribution < -0.4 is 10.6 Å². The number of ketones is 2. The summed E-state index contributed by atoms with van der Waals surface area (Å²) < 4.78 is 5.39. The van der Waals surface area contributed by atoms with Crippen molar-refractivity contribution in [3.8, 4) is 0 Å². The van der Waals surface area contributed by atoms with Crippen molar-refractivity contribution >= 4 is 23.4 Å². The summed E-state index contributed by atoms with van der Waals surface area (Å²) in [5.74, 6) is -1.43. The van der Waals surface area contributed by atoms with Gasteiger partial charge in [-0.2, -0.15) is 0 Å². The Morgan fingerprint density at radius 3 is 2.55 bits per heavy atom. The van der Waals surface area contributed by atoms with Crippen LogP contribution >= 0.6 is 0 Å². The first-order valence-corrected chi connectivity index (χ1v) is 13.6. The van der Waals surface area contributed by atoms with Crippen LogP contribution in [-0.4, -0.2) is 51.4 Å². The maximum absolute atomic E-state index is 12.8. The highest BCUT2D eigenvalue weighted by atomic mass is 16.6. The van der Waals surface area contributed by atoms with Crippen LogP contribution in [0.2, 0.25) is 0 Å². The molecule has 4 N–H and O–H groups in total. The zero-order valence-electron chi connectivity index (χ0n) is 23.4. The van der Waals surface area contributed by atoms with Gasteiger partial charge >= 0.3 is 0 Å². The smallest absolute Gasteiger partial charge is 0.251 e. The Morgan fingerprint density at radius 1 is 1.15 bits per heavy atom. The molecule has 2 amide bonds. The highest BCUT2D eigenvalue weighted by Crippen LogP contribution is 2.40. The second kappa shape index (κ2) is 13.5. The van der Waals surface area contributed by atoms with Gasteiger partial charge in [0.2, 0.25) is 11.7 Å². The highest BCUT2D eigenvalue weighted by Gasteiger charge is 2.59. The maximum Gasteiger partial charge on any atom is 0.251 e.